The predicted molar refractivity (Wildman–Crippen MR) is 58.3 cm³/mol. The third kappa shape index (κ3) is 431. The summed E-state index contributed by atoms with van der Waals surface area (Å²) >= 11 is 0. The van der Waals surface area contributed by atoms with E-state index in [0.717, 1.165) is 0 Å². The fourth-order valence-corrected chi connectivity index (χ4v) is 0. The van der Waals surface area contributed by atoms with Crippen LogP contribution >= 0.6 is 0 Å². The van der Waals surface area contributed by atoms with Gasteiger partial charge in [0.25, 0.3) is 0 Å². The van der Waals surface area contributed by atoms with E-state index in [2.05, 4.69) is 22.9 Å². The van der Waals surface area contributed by atoms with E-state index in [1.54, 1.807) is 0 Å². The maximum absolute atomic E-state index is 9.13. The Morgan fingerprint density at radius 3 is 0.842 bits per heavy atom. The zero-order chi connectivity index (χ0) is 15.7. The molecule has 0 aromatic rings. The van der Waals surface area contributed by atoms with Crippen molar-refractivity contribution in [1.29, 1.82) is 0 Å². The van der Waals surface area contributed by atoms with Crippen LogP contribution in [0.5, 0.6) is 0 Å². The summed E-state index contributed by atoms with van der Waals surface area (Å²) in [4.78, 5) is 35.8. The van der Waals surface area contributed by atoms with Gasteiger partial charge in [-0.15, -0.1) is 0 Å². The minimum atomic E-state index is -1.33. The van der Waals surface area contributed by atoms with Gasteiger partial charge >= 0.3 is 61.1 Å². The second kappa shape index (κ2) is 25.7. The minimum absolute atomic E-state index is 0. The van der Waals surface area contributed by atoms with Gasteiger partial charge in [0, 0.05) is 13.1 Å². The van der Waals surface area contributed by atoms with Crippen molar-refractivity contribution >= 4 is 73.0 Å². The second-order valence-corrected chi connectivity index (χ2v) is 1.83. The van der Waals surface area contributed by atoms with E-state index >= 15 is 0 Å². The summed E-state index contributed by atoms with van der Waals surface area (Å²) in [6.07, 6.45) is -2.67. The molecule has 0 unspecified atom stereocenters. The molecule has 13 heteroatoms. The zero-order valence-corrected chi connectivity index (χ0v) is 14.2. The monoisotopic (exact) mass is 408 g/mol. The van der Waals surface area contributed by atoms with Gasteiger partial charge in [0.2, 0.25) is 0 Å². The summed E-state index contributed by atoms with van der Waals surface area (Å²) in [6.45, 7) is -0.778. The zero-order valence-electron chi connectivity index (χ0n) is 9.77. The van der Waals surface area contributed by atoms with Gasteiger partial charge in [-0.25, -0.2) is 9.59 Å². The fourth-order valence-electron chi connectivity index (χ4n) is 0. The number of rotatable bonds is 2. The topological polar surface area (TPSA) is 259 Å². The third-order valence-electron chi connectivity index (χ3n) is 0.333. The normalized spacial score (nSPS) is 6.42. The smallest absolute Gasteiger partial charge is 0.549 e. The largest absolute Gasteiger partial charge is 2.00 e. The number of aliphatic carboxylic acids is 2. The van der Waals surface area contributed by atoms with Crippen LogP contribution in [-0.4, -0.2) is 96.3 Å². The van der Waals surface area contributed by atoms with Crippen molar-refractivity contribution in [3.63, 3.8) is 0 Å². The van der Waals surface area contributed by atoms with Gasteiger partial charge in [0.1, 0.15) is 0 Å². The first-order valence-corrected chi connectivity index (χ1v) is 3.77. The van der Waals surface area contributed by atoms with Crippen molar-refractivity contribution in [2.24, 2.45) is 22.9 Å². The van der Waals surface area contributed by atoms with Crippen LogP contribution in [0.3, 0.4) is 0 Å². The maximum Gasteiger partial charge on any atom is 2.00 e. The Bertz CT molecular complexity index is 228. The summed E-state index contributed by atoms with van der Waals surface area (Å²) in [7, 11) is 0. The molecule has 108 valence electrons. The fraction of sp³-hybridized carbons (Fsp3) is 0.333. The SMILES string of the molecule is NC(=O)O.NC(=O)O.NCC(=O)[O-].NCC(=O)[O-].[Ba+2]. The molecule has 0 aromatic carbocycles. The molecule has 0 bridgehead atoms. The van der Waals surface area contributed by atoms with Crippen LogP contribution in [0, 0.1) is 0 Å². The summed E-state index contributed by atoms with van der Waals surface area (Å²) in [5.74, 6) is -2.44. The summed E-state index contributed by atoms with van der Waals surface area (Å²) < 4.78 is 0. The Kier molecular flexibility index (Phi) is 41.7. The minimum Gasteiger partial charge on any atom is -0.549 e. The molecule has 12 nitrogen and oxygen atoms in total. The van der Waals surface area contributed by atoms with Gasteiger partial charge in [-0.3, -0.25) is 0 Å². The summed E-state index contributed by atoms with van der Waals surface area (Å²) in [5.41, 5.74) is 17.1. The van der Waals surface area contributed by atoms with Crippen molar-refractivity contribution in [2.75, 3.05) is 13.1 Å². The van der Waals surface area contributed by atoms with Crippen molar-refractivity contribution < 1.29 is 39.6 Å². The number of primary amides is 2. The van der Waals surface area contributed by atoms with Crippen LogP contribution < -0.4 is 33.1 Å². The molecule has 0 saturated carbocycles. The Labute approximate surface area is 147 Å². The molecule has 0 aliphatic carbocycles. The first kappa shape index (κ1) is 30.8. The molecule has 0 atom stereocenters. The molecule has 10 N–H and O–H groups in total. The molecule has 19 heavy (non-hydrogen) atoms. The molecule has 0 radical (unpaired) electrons. The molecule has 0 aromatic heterocycles. The van der Waals surface area contributed by atoms with Gasteiger partial charge in [-0.05, 0) is 0 Å². The number of carboxylic acids is 2. The average molecular weight is 408 g/mol. The van der Waals surface area contributed by atoms with Crippen LogP contribution in [0.1, 0.15) is 0 Å². The Balaban J connectivity index is -0.0000000453. The summed E-state index contributed by atoms with van der Waals surface area (Å²) in [5, 5.41) is 32.7. The molecule has 2 amide bonds. The van der Waals surface area contributed by atoms with Gasteiger partial charge in [0.15, 0.2) is 0 Å². The molecule has 0 fully saturated rings. The van der Waals surface area contributed by atoms with E-state index in [4.69, 9.17) is 39.6 Å². The summed E-state index contributed by atoms with van der Waals surface area (Å²) in [6, 6.07) is 0. The Hall–Kier alpha value is -1.03. The van der Waals surface area contributed by atoms with E-state index in [-0.39, 0.29) is 62.0 Å². The molecule has 0 heterocycles. The number of hydrogen-bond acceptors (Lipinski definition) is 8. The number of carbonyl (C=O) groups is 4. The molecular weight excluding hydrogens is 393 g/mol. The first-order chi connectivity index (χ1) is 8.00. The van der Waals surface area contributed by atoms with E-state index < -0.39 is 24.1 Å². The van der Waals surface area contributed by atoms with Crippen molar-refractivity contribution in [3.05, 3.63) is 0 Å². The second-order valence-electron chi connectivity index (χ2n) is 1.83. The van der Waals surface area contributed by atoms with Crippen molar-refractivity contribution in [3.8, 4) is 0 Å². The first-order valence-electron chi connectivity index (χ1n) is 3.77. The van der Waals surface area contributed by atoms with E-state index in [9.17, 15) is 0 Å². The van der Waals surface area contributed by atoms with Crippen LogP contribution in [-0.2, 0) is 9.59 Å². The van der Waals surface area contributed by atoms with Crippen LogP contribution in [0.4, 0.5) is 9.59 Å². The van der Waals surface area contributed by atoms with Gasteiger partial charge < -0.3 is 52.9 Å². The quantitative estimate of drug-likeness (QED) is 0.236. The molecule has 0 aliphatic rings. The Morgan fingerprint density at radius 1 is 0.789 bits per heavy atom. The maximum atomic E-state index is 9.13. The van der Waals surface area contributed by atoms with Gasteiger partial charge in [0.05, 0.1) is 11.9 Å². The van der Waals surface area contributed by atoms with E-state index in [0.29, 0.717) is 0 Å². The molecule has 0 rings (SSSR count). The van der Waals surface area contributed by atoms with Crippen LogP contribution in [0.2, 0.25) is 0 Å². The van der Waals surface area contributed by atoms with Crippen LogP contribution in [0.15, 0.2) is 0 Å². The van der Waals surface area contributed by atoms with Crippen LogP contribution in [0.25, 0.3) is 0 Å². The standard InChI is InChI=1S/2C2H5NO2.2CH3NO2.Ba/c2*3-1-2(4)5;2*2-1(3)4;/h2*1,3H2,(H,4,5);2*2H2,(H,3,4);/q;;;;+2/p-2. The number of nitrogens with two attached hydrogens (primary N) is 4. The number of carbonyl (C=O) groups excluding carboxylic acids is 2. The number of carboxylic acid groups (broad SMARTS) is 4. The molecular formula is C6H14BaN4O8. The van der Waals surface area contributed by atoms with Crippen molar-refractivity contribution in [2.45, 2.75) is 0 Å². The molecule has 0 saturated heterocycles. The number of hydrogen-bond donors (Lipinski definition) is 6. The van der Waals surface area contributed by atoms with E-state index in [1.807, 2.05) is 0 Å². The average Bonchev–Trinajstić information content (AvgIpc) is 2.16. The molecule has 0 aliphatic heterocycles. The van der Waals surface area contributed by atoms with E-state index in [1.165, 1.54) is 0 Å². The molecule has 0 spiro atoms. The van der Waals surface area contributed by atoms with Crippen molar-refractivity contribution in [1.82, 2.24) is 0 Å². The number of amides is 2. The van der Waals surface area contributed by atoms with Gasteiger partial charge in [-0.2, -0.15) is 0 Å². The third-order valence-corrected chi connectivity index (χ3v) is 0.333. The predicted octanol–water partition coefficient (Wildman–Crippen LogP) is -5.74. The van der Waals surface area contributed by atoms with Gasteiger partial charge in [-0.1, -0.05) is 0 Å². The Morgan fingerprint density at radius 2 is 0.842 bits per heavy atom.